The van der Waals surface area contributed by atoms with Gasteiger partial charge in [0.2, 0.25) is 5.91 Å². The smallest absolute Gasteiger partial charge is 0.239 e. The maximum absolute atomic E-state index is 13.2. The quantitative estimate of drug-likeness (QED) is 0.512. The molecule has 0 aromatic heterocycles. The molecule has 1 aromatic carbocycles. The van der Waals surface area contributed by atoms with Gasteiger partial charge < -0.3 is 20.7 Å². The van der Waals surface area contributed by atoms with E-state index in [0.29, 0.717) is 24.3 Å². The molecule has 1 atom stereocenters. The Morgan fingerprint density at radius 2 is 2.08 bits per heavy atom. The summed E-state index contributed by atoms with van der Waals surface area (Å²) in [6, 6.07) is 6.34. The highest BCUT2D eigenvalue weighted by Crippen LogP contribution is 2.17. The molecule has 144 valence electrons. The number of carbonyl (C=O) groups excluding carboxylic acids is 1. The molecule has 1 aliphatic carbocycles. The summed E-state index contributed by atoms with van der Waals surface area (Å²) in [4.78, 5) is 16.1. The van der Waals surface area contributed by atoms with Gasteiger partial charge in [0.15, 0.2) is 5.96 Å². The minimum absolute atomic E-state index is 0.0242. The van der Waals surface area contributed by atoms with Crippen molar-refractivity contribution in [3.63, 3.8) is 0 Å². The second-order valence-electron chi connectivity index (χ2n) is 6.59. The summed E-state index contributed by atoms with van der Waals surface area (Å²) >= 11 is 0. The molecule has 0 bridgehead atoms. The van der Waals surface area contributed by atoms with E-state index in [-0.39, 0.29) is 24.4 Å². The van der Waals surface area contributed by atoms with Gasteiger partial charge in [0, 0.05) is 19.2 Å². The Balaban J connectivity index is 1.67. The van der Waals surface area contributed by atoms with Crippen molar-refractivity contribution in [2.75, 3.05) is 20.1 Å². The number of nitrogens with zero attached hydrogens (tertiary/aromatic N) is 1. The average Bonchev–Trinajstić information content (AvgIpc) is 2.62. The molecule has 1 amide bonds. The highest BCUT2D eigenvalue weighted by Gasteiger charge is 2.15. The molecule has 0 spiro atoms. The molecule has 1 saturated carbocycles. The molecule has 2 rings (SSSR count). The fourth-order valence-electron chi connectivity index (χ4n) is 2.96. The number of hydrogen-bond donors (Lipinski definition) is 3. The first-order valence-corrected chi connectivity index (χ1v) is 9.23. The third-order valence-electron chi connectivity index (χ3n) is 4.30. The topological polar surface area (TPSA) is 74.8 Å². The van der Waals surface area contributed by atoms with E-state index in [2.05, 4.69) is 20.9 Å². The minimum Gasteiger partial charge on any atom is -0.489 e. The third kappa shape index (κ3) is 7.29. The lowest BCUT2D eigenvalue weighted by molar-refractivity contribution is -0.120. The number of halogens is 1. The summed E-state index contributed by atoms with van der Waals surface area (Å²) < 4.78 is 18.8. The van der Waals surface area contributed by atoms with E-state index < -0.39 is 0 Å². The zero-order chi connectivity index (χ0) is 18.8. The second kappa shape index (κ2) is 10.6. The van der Waals surface area contributed by atoms with Crippen LogP contribution in [-0.4, -0.2) is 44.1 Å². The molecule has 7 heteroatoms. The standard InChI is InChI=1S/C19H29FN4O2/c1-14(26-17-10-6-7-15(20)11-17)12-22-19(21-2)23-13-18(25)24-16-8-4-3-5-9-16/h6-7,10-11,14,16H,3-5,8-9,12-13H2,1-2H3,(H,24,25)(H2,21,22,23). The molecule has 1 unspecified atom stereocenters. The summed E-state index contributed by atoms with van der Waals surface area (Å²) in [6.45, 7) is 2.52. The molecular formula is C19H29FN4O2. The number of carbonyl (C=O) groups is 1. The molecule has 26 heavy (non-hydrogen) atoms. The van der Waals surface area contributed by atoms with Crippen molar-refractivity contribution in [3.8, 4) is 5.75 Å². The van der Waals surface area contributed by atoms with Crippen molar-refractivity contribution >= 4 is 11.9 Å². The Kier molecular flexibility index (Phi) is 8.18. The molecule has 1 fully saturated rings. The van der Waals surface area contributed by atoms with E-state index in [9.17, 15) is 9.18 Å². The van der Waals surface area contributed by atoms with Crippen molar-refractivity contribution in [3.05, 3.63) is 30.1 Å². The fraction of sp³-hybridized carbons (Fsp3) is 0.579. The first-order valence-electron chi connectivity index (χ1n) is 9.23. The molecule has 1 aromatic rings. The Hall–Kier alpha value is -2.31. The Morgan fingerprint density at radius 3 is 2.77 bits per heavy atom. The summed E-state index contributed by atoms with van der Waals surface area (Å²) in [7, 11) is 1.65. The first kappa shape index (κ1) is 20.0. The molecule has 1 aliphatic rings. The number of amides is 1. The van der Waals surface area contributed by atoms with Gasteiger partial charge in [-0.05, 0) is 31.9 Å². The first-order chi connectivity index (χ1) is 12.6. The van der Waals surface area contributed by atoms with Crippen molar-refractivity contribution in [2.24, 2.45) is 4.99 Å². The molecule has 0 saturated heterocycles. The van der Waals surface area contributed by atoms with Crippen LogP contribution in [0.2, 0.25) is 0 Å². The zero-order valence-corrected chi connectivity index (χ0v) is 15.6. The molecule has 3 N–H and O–H groups in total. The van der Waals surface area contributed by atoms with Crippen LogP contribution in [0.4, 0.5) is 4.39 Å². The summed E-state index contributed by atoms with van der Waals surface area (Å²) in [6.07, 6.45) is 5.57. The number of rotatable bonds is 7. The number of benzene rings is 1. The van der Waals surface area contributed by atoms with E-state index in [1.54, 1.807) is 19.2 Å². The van der Waals surface area contributed by atoms with Gasteiger partial charge in [0.05, 0.1) is 13.1 Å². The third-order valence-corrected chi connectivity index (χ3v) is 4.30. The molecule has 0 aliphatic heterocycles. The van der Waals surface area contributed by atoms with Crippen LogP contribution in [0.25, 0.3) is 0 Å². The van der Waals surface area contributed by atoms with E-state index in [4.69, 9.17) is 4.74 Å². The maximum atomic E-state index is 13.2. The fourth-order valence-corrected chi connectivity index (χ4v) is 2.96. The van der Waals surface area contributed by atoms with E-state index in [1.807, 2.05) is 6.92 Å². The number of aliphatic imine (C=N–C) groups is 1. The molecule has 6 nitrogen and oxygen atoms in total. The van der Waals surface area contributed by atoms with Crippen LogP contribution in [0.3, 0.4) is 0 Å². The lowest BCUT2D eigenvalue weighted by Crippen LogP contribution is -2.47. The summed E-state index contributed by atoms with van der Waals surface area (Å²) in [5.74, 6) is 0.653. The second-order valence-corrected chi connectivity index (χ2v) is 6.59. The van der Waals surface area contributed by atoms with Crippen LogP contribution < -0.4 is 20.7 Å². The minimum atomic E-state index is -0.330. The highest BCUT2D eigenvalue weighted by molar-refractivity contribution is 5.86. The van der Waals surface area contributed by atoms with Crippen LogP contribution in [-0.2, 0) is 4.79 Å². The van der Waals surface area contributed by atoms with Crippen molar-refractivity contribution in [2.45, 2.75) is 51.2 Å². The Bertz CT molecular complexity index is 603. The lowest BCUT2D eigenvalue weighted by Gasteiger charge is -2.23. The van der Waals surface area contributed by atoms with Crippen molar-refractivity contribution < 1.29 is 13.9 Å². The monoisotopic (exact) mass is 364 g/mol. The normalized spacial score (nSPS) is 16.7. The van der Waals surface area contributed by atoms with Gasteiger partial charge in [0.25, 0.3) is 0 Å². The number of guanidine groups is 1. The van der Waals surface area contributed by atoms with Crippen LogP contribution in [0.1, 0.15) is 39.0 Å². The predicted octanol–water partition coefficient (Wildman–Crippen LogP) is 2.21. The summed E-state index contributed by atoms with van der Waals surface area (Å²) in [5.41, 5.74) is 0. The van der Waals surface area contributed by atoms with Gasteiger partial charge in [-0.25, -0.2) is 4.39 Å². The van der Waals surface area contributed by atoms with Crippen LogP contribution in [0.15, 0.2) is 29.3 Å². The van der Waals surface area contributed by atoms with E-state index in [0.717, 1.165) is 12.8 Å². The SMILES string of the molecule is CN=C(NCC(=O)NC1CCCCC1)NCC(C)Oc1cccc(F)c1. The van der Waals surface area contributed by atoms with Gasteiger partial charge in [-0.1, -0.05) is 25.3 Å². The zero-order valence-electron chi connectivity index (χ0n) is 15.6. The van der Waals surface area contributed by atoms with E-state index >= 15 is 0 Å². The average molecular weight is 364 g/mol. The van der Waals surface area contributed by atoms with Gasteiger partial charge >= 0.3 is 0 Å². The molecule has 0 heterocycles. The number of ether oxygens (including phenoxy) is 1. The Labute approximate surface area is 154 Å². The van der Waals surface area contributed by atoms with Crippen molar-refractivity contribution in [1.82, 2.24) is 16.0 Å². The van der Waals surface area contributed by atoms with Gasteiger partial charge in [-0.3, -0.25) is 9.79 Å². The van der Waals surface area contributed by atoms with Gasteiger partial charge in [-0.15, -0.1) is 0 Å². The van der Waals surface area contributed by atoms with Crippen LogP contribution in [0.5, 0.6) is 5.75 Å². The predicted molar refractivity (Wildman–Crippen MR) is 101 cm³/mol. The lowest BCUT2D eigenvalue weighted by atomic mass is 9.95. The van der Waals surface area contributed by atoms with Crippen LogP contribution >= 0.6 is 0 Å². The maximum Gasteiger partial charge on any atom is 0.239 e. The highest BCUT2D eigenvalue weighted by atomic mass is 19.1. The molecular weight excluding hydrogens is 335 g/mol. The Morgan fingerprint density at radius 1 is 1.31 bits per heavy atom. The van der Waals surface area contributed by atoms with Crippen LogP contribution in [0, 0.1) is 5.82 Å². The van der Waals surface area contributed by atoms with Gasteiger partial charge in [-0.2, -0.15) is 0 Å². The largest absolute Gasteiger partial charge is 0.489 e. The number of nitrogens with one attached hydrogen (secondary N) is 3. The number of hydrogen-bond acceptors (Lipinski definition) is 3. The van der Waals surface area contributed by atoms with Crippen molar-refractivity contribution in [1.29, 1.82) is 0 Å². The van der Waals surface area contributed by atoms with E-state index in [1.165, 1.54) is 31.4 Å². The van der Waals surface area contributed by atoms with Gasteiger partial charge in [0.1, 0.15) is 17.7 Å². The summed E-state index contributed by atoms with van der Waals surface area (Å²) in [5, 5.41) is 9.16. The molecule has 0 radical (unpaired) electrons.